The van der Waals surface area contributed by atoms with Gasteiger partial charge in [0.05, 0.1) is 11.3 Å². The Morgan fingerprint density at radius 3 is 2.53 bits per heavy atom. The van der Waals surface area contributed by atoms with Crippen LogP contribution in [0.1, 0.15) is 93.3 Å². The molecule has 43 heavy (non-hydrogen) atoms. The van der Waals surface area contributed by atoms with Crippen LogP contribution in [0.15, 0.2) is 76.7 Å². The summed E-state index contributed by atoms with van der Waals surface area (Å²) in [6.07, 6.45) is 14.4. The minimum Gasteiger partial charge on any atom is -0.358 e. The van der Waals surface area contributed by atoms with Crippen LogP contribution >= 0.6 is 11.3 Å². The van der Waals surface area contributed by atoms with E-state index in [4.69, 9.17) is 4.98 Å². The smallest absolute Gasteiger partial charge is 0.253 e. The highest BCUT2D eigenvalue weighted by Crippen LogP contribution is 2.42. The summed E-state index contributed by atoms with van der Waals surface area (Å²) >= 11 is 1.65. The molecule has 1 aromatic carbocycles. The number of rotatable bonds is 12. The number of Topliss-reactive ketones (excluding diaryl/α,β-unsaturated/α-hetero) is 1. The topological polar surface area (TPSA) is 74.8 Å². The third-order valence-electron chi connectivity index (χ3n) is 8.58. The summed E-state index contributed by atoms with van der Waals surface area (Å²) in [5.41, 5.74) is 7.58. The van der Waals surface area contributed by atoms with Gasteiger partial charge >= 0.3 is 0 Å². The van der Waals surface area contributed by atoms with Crippen molar-refractivity contribution in [2.75, 3.05) is 6.54 Å². The highest BCUT2D eigenvalue weighted by molar-refractivity contribution is 7.13. The Bertz CT molecular complexity index is 1580. The Kier molecular flexibility index (Phi) is 10.6. The lowest BCUT2D eigenvalue weighted by Gasteiger charge is -2.30. The second kappa shape index (κ2) is 14.1. The van der Waals surface area contributed by atoms with E-state index in [-0.39, 0.29) is 17.1 Å². The Morgan fingerprint density at radius 1 is 1.14 bits per heavy atom. The predicted octanol–water partition coefficient (Wildman–Crippen LogP) is 9.07. The summed E-state index contributed by atoms with van der Waals surface area (Å²) in [5, 5.41) is 6.19. The van der Waals surface area contributed by atoms with Crippen LogP contribution < -0.4 is 5.32 Å². The van der Waals surface area contributed by atoms with Gasteiger partial charge < -0.3 is 10.3 Å². The molecule has 0 fully saturated rings. The van der Waals surface area contributed by atoms with Gasteiger partial charge in [0.2, 0.25) is 0 Å². The second-order valence-electron chi connectivity index (χ2n) is 11.8. The first-order valence-corrected chi connectivity index (χ1v) is 16.2. The van der Waals surface area contributed by atoms with Gasteiger partial charge in [0.25, 0.3) is 5.91 Å². The van der Waals surface area contributed by atoms with Gasteiger partial charge in [-0.25, -0.2) is 4.98 Å². The molecule has 1 atom stereocenters. The molecular weight excluding hydrogens is 550 g/mol. The molecule has 0 saturated heterocycles. The summed E-state index contributed by atoms with van der Waals surface area (Å²) in [6.45, 7) is 14.7. The van der Waals surface area contributed by atoms with Crippen molar-refractivity contribution in [3.05, 3.63) is 105 Å². The molecule has 3 aromatic rings. The van der Waals surface area contributed by atoms with Crippen LogP contribution in [0, 0.1) is 19.8 Å². The number of thiazole rings is 1. The van der Waals surface area contributed by atoms with Crippen LogP contribution in [-0.4, -0.2) is 28.2 Å². The highest BCUT2D eigenvalue weighted by Gasteiger charge is 2.33. The molecule has 2 aromatic heterocycles. The maximum absolute atomic E-state index is 13.2. The molecule has 0 aliphatic heterocycles. The number of benzene rings is 1. The van der Waals surface area contributed by atoms with E-state index in [9.17, 15) is 9.59 Å². The summed E-state index contributed by atoms with van der Waals surface area (Å²) < 4.78 is 0. The molecule has 2 N–H and O–H groups in total. The number of aromatic amines is 1. The Morgan fingerprint density at radius 2 is 1.86 bits per heavy atom. The van der Waals surface area contributed by atoms with Gasteiger partial charge in [-0.05, 0) is 82.1 Å². The van der Waals surface area contributed by atoms with E-state index in [2.05, 4.69) is 79.8 Å². The molecule has 1 aliphatic carbocycles. The van der Waals surface area contributed by atoms with E-state index in [1.54, 1.807) is 18.3 Å². The number of H-pyrrole nitrogens is 1. The minimum atomic E-state index is -0.346. The summed E-state index contributed by atoms with van der Waals surface area (Å²) in [6, 6.07) is 10.2. The van der Waals surface area contributed by atoms with Crippen LogP contribution in [0.25, 0.3) is 16.6 Å². The molecule has 2 heterocycles. The maximum Gasteiger partial charge on any atom is 0.253 e. The molecule has 1 aliphatic rings. The number of hydrogen-bond acceptors (Lipinski definition) is 4. The standard InChI is InChI=1S/C37H45N3O2S/c1-8-28(9-2)15-13-14-20-38-35(42)34-25(4)32(39-26(34)5)21-30(27(6)41)31-22-37(7,19-18-24(31)3)33-23-43-36(40-33)29-16-11-10-12-17-29/h10-13,15-19,21,23,28,39H,8-9,14,20,22H2,1-7H3,(H,38,42)/b15-13+,30-21+. The molecule has 5 nitrogen and oxygen atoms in total. The zero-order valence-electron chi connectivity index (χ0n) is 26.6. The number of allylic oxidation sites excluding steroid dienone is 6. The lowest BCUT2D eigenvalue weighted by molar-refractivity contribution is -0.113. The second-order valence-corrected chi connectivity index (χ2v) is 12.7. The zero-order valence-corrected chi connectivity index (χ0v) is 27.5. The van der Waals surface area contributed by atoms with Crippen molar-refractivity contribution in [2.45, 2.75) is 79.6 Å². The molecule has 0 radical (unpaired) electrons. The van der Waals surface area contributed by atoms with Gasteiger partial charge in [-0.1, -0.05) is 75.4 Å². The monoisotopic (exact) mass is 595 g/mol. The third-order valence-corrected chi connectivity index (χ3v) is 9.47. The number of carbonyl (C=O) groups excluding carboxylic acids is 2. The zero-order chi connectivity index (χ0) is 31.1. The van der Waals surface area contributed by atoms with Crippen LogP contribution in [0.3, 0.4) is 0 Å². The SMILES string of the molecule is CCC(/C=C/CCNC(=O)c1c(C)[nH]c(/C=C(\C(C)=O)C2=C(C)C=CC(C)(c3csc(-c4ccccc4)n3)C2)c1C)CC. The largest absolute Gasteiger partial charge is 0.358 e. The number of nitrogens with zero attached hydrogens (tertiary/aromatic N) is 1. The third kappa shape index (κ3) is 7.42. The fourth-order valence-electron chi connectivity index (χ4n) is 5.72. The Hall–Kier alpha value is -3.77. The van der Waals surface area contributed by atoms with Crippen molar-refractivity contribution in [1.82, 2.24) is 15.3 Å². The van der Waals surface area contributed by atoms with E-state index in [0.717, 1.165) is 63.6 Å². The number of aryl methyl sites for hydroxylation is 1. The van der Waals surface area contributed by atoms with Crippen LogP contribution in [-0.2, 0) is 10.2 Å². The number of carbonyl (C=O) groups is 2. The summed E-state index contributed by atoms with van der Waals surface area (Å²) in [7, 11) is 0. The van der Waals surface area contributed by atoms with E-state index in [0.29, 0.717) is 30.0 Å². The lowest BCUT2D eigenvalue weighted by Crippen LogP contribution is -2.25. The van der Waals surface area contributed by atoms with Crippen LogP contribution in [0.4, 0.5) is 0 Å². The van der Waals surface area contributed by atoms with Crippen LogP contribution in [0.5, 0.6) is 0 Å². The fraction of sp³-hybridized carbons (Fsp3) is 0.378. The Labute approximate surface area is 260 Å². The first kappa shape index (κ1) is 32.2. The normalized spacial score (nSPS) is 17.3. The Balaban J connectivity index is 1.56. The van der Waals surface area contributed by atoms with E-state index in [1.807, 2.05) is 38.1 Å². The van der Waals surface area contributed by atoms with Crippen molar-refractivity contribution < 1.29 is 9.59 Å². The van der Waals surface area contributed by atoms with Gasteiger partial charge in [-0.2, -0.15) is 0 Å². The highest BCUT2D eigenvalue weighted by atomic mass is 32.1. The summed E-state index contributed by atoms with van der Waals surface area (Å²) in [5.74, 6) is 0.504. The van der Waals surface area contributed by atoms with Crippen molar-refractivity contribution in [1.29, 1.82) is 0 Å². The molecule has 226 valence electrons. The molecular formula is C37H45N3O2S. The average Bonchev–Trinajstić information content (AvgIpc) is 3.60. The van der Waals surface area contributed by atoms with Crippen LogP contribution in [0.2, 0.25) is 0 Å². The lowest BCUT2D eigenvalue weighted by atomic mass is 9.73. The van der Waals surface area contributed by atoms with E-state index >= 15 is 0 Å². The first-order chi connectivity index (χ1) is 20.6. The number of hydrogen-bond donors (Lipinski definition) is 2. The minimum absolute atomic E-state index is 0.00263. The number of nitrogens with one attached hydrogen (secondary N) is 2. The van der Waals surface area contributed by atoms with Crippen molar-refractivity contribution >= 4 is 29.1 Å². The van der Waals surface area contributed by atoms with Crippen molar-refractivity contribution in [3.63, 3.8) is 0 Å². The maximum atomic E-state index is 13.2. The van der Waals surface area contributed by atoms with Gasteiger partial charge in [0.15, 0.2) is 5.78 Å². The van der Waals surface area contributed by atoms with E-state index in [1.165, 1.54) is 0 Å². The number of amides is 1. The molecule has 0 spiro atoms. The predicted molar refractivity (Wildman–Crippen MR) is 180 cm³/mol. The van der Waals surface area contributed by atoms with Crippen molar-refractivity contribution in [2.24, 2.45) is 5.92 Å². The van der Waals surface area contributed by atoms with E-state index < -0.39 is 0 Å². The van der Waals surface area contributed by atoms with Gasteiger partial charge in [-0.3, -0.25) is 9.59 Å². The number of ketones is 1. The number of aromatic nitrogens is 2. The van der Waals surface area contributed by atoms with Crippen molar-refractivity contribution in [3.8, 4) is 10.6 Å². The summed E-state index contributed by atoms with van der Waals surface area (Å²) in [4.78, 5) is 34.7. The molecule has 6 heteroatoms. The van der Waals surface area contributed by atoms with Gasteiger partial charge in [0, 0.05) is 39.9 Å². The van der Waals surface area contributed by atoms with Gasteiger partial charge in [-0.15, -0.1) is 11.3 Å². The average molecular weight is 596 g/mol. The van der Waals surface area contributed by atoms with Gasteiger partial charge in [0.1, 0.15) is 5.01 Å². The molecule has 0 saturated carbocycles. The molecule has 1 amide bonds. The fourth-order valence-corrected chi connectivity index (χ4v) is 6.69. The quantitative estimate of drug-likeness (QED) is 0.125. The molecule has 4 rings (SSSR count). The first-order valence-electron chi connectivity index (χ1n) is 15.3. The molecule has 1 unspecified atom stereocenters. The molecule has 0 bridgehead atoms.